The second kappa shape index (κ2) is 9.17. The Labute approximate surface area is 169 Å². The molecule has 3 rings (SSSR count). The number of rotatable bonds is 7. The molecule has 0 aromatic heterocycles. The molecule has 0 saturated carbocycles. The van der Waals surface area contributed by atoms with Gasteiger partial charge in [0.1, 0.15) is 6.04 Å². The van der Waals surface area contributed by atoms with E-state index >= 15 is 0 Å². The van der Waals surface area contributed by atoms with E-state index in [1.165, 1.54) is 28.6 Å². The third kappa shape index (κ3) is 5.20. The molecule has 9 heteroatoms. The Morgan fingerprint density at radius 1 is 1.03 bits per heavy atom. The van der Waals surface area contributed by atoms with E-state index in [2.05, 4.69) is 5.32 Å². The summed E-state index contributed by atoms with van der Waals surface area (Å²) in [6, 6.07) is 13.4. The first-order chi connectivity index (χ1) is 13.9. The summed E-state index contributed by atoms with van der Waals surface area (Å²) in [6.07, 6.45) is 0.144. The van der Waals surface area contributed by atoms with Crippen molar-refractivity contribution >= 4 is 21.9 Å². The number of hydrogen-bond donors (Lipinski definition) is 2. The van der Waals surface area contributed by atoms with E-state index in [0.717, 1.165) is 5.56 Å². The summed E-state index contributed by atoms with van der Waals surface area (Å²) in [7, 11) is -3.65. The lowest BCUT2D eigenvalue weighted by atomic mass is 10.1. The SMILES string of the molecule is O=C(N[C@@H](Cc1ccccc1)C(=O)O)c1ccc(S(=O)(=O)N2CCOCC2)cc1. The van der Waals surface area contributed by atoms with Gasteiger partial charge in [0, 0.05) is 25.1 Å². The highest BCUT2D eigenvalue weighted by Gasteiger charge is 2.27. The molecule has 1 saturated heterocycles. The zero-order valence-corrected chi connectivity index (χ0v) is 16.5. The van der Waals surface area contributed by atoms with Gasteiger partial charge in [-0.3, -0.25) is 4.79 Å². The fourth-order valence-corrected chi connectivity index (χ4v) is 4.41. The Kier molecular flexibility index (Phi) is 6.63. The number of benzene rings is 2. The van der Waals surface area contributed by atoms with Crippen molar-refractivity contribution in [2.24, 2.45) is 0 Å². The molecule has 1 aliphatic heterocycles. The Bertz CT molecular complexity index is 954. The van der Waals surface area contributed by atoms with Crippen molar-refractivity contribution in [3.8, 4) is 0 Å². The molecule has 2 aromatic carbocycles. The number of carbonyl (C=O) groups is 2. The zero-order chi connectivity index (χ0) is 20.9. The lowest BCUT2D eigenvalue weighted by Gasteiger charge is -2.26. The minimum Gasteiger partial charge on any atom is -0.480 e. The van der Waals surface area contributed by atoms with Gasteiger partial charge in [-0.25, -0.2) is 13.2 Å². The maximum Gasteiger partial charge on any atom is 0.326 e. The van der Waals surface area contributed by atoms with Crippen LogP contribution in [0, 0.1) is 0 Å². The number of aliphatic carboxylic acids is 1. The molecule has 1 aliphatic rings. The fraction of sp³-hybridized carbons (Fsp3) is 0.300. The van der Waals surface area contributed by atoms with Gasteiger partial charge in [-0.2, -0.15) is 4.31 Å². The molecule has 2 N–H and O–H groups in total. The van der Waals surface area contributed by atoms with Crippen LogP contribution in [0.2, 0.25) is 0 Å². The number of morpholine rings is 1. The second-order valence-corrected chi connectivity index (χ2v) is 8.53. The lowest BCUT2D eigenvalue weighted by molar-refractivity contribution is -0.139. The predicted molar refractivity (Wildman–Crippen MR) is 105 cm³/mol. The molecule has 0 radical (unpaired) electrons. The molecular weight excluding hydrogens is 396 g/mol. The Balaban J connectivity index is 1.69. The van der Waals surface area contributed by atoms with Crippen molar-refractivity contribution in [2.75, 3.05) is 26.3 Å². The quantitative estimate of drug-likeness (QED) is 0.697. The molecule has 1 atom stereocenters. The van der Waals surface area contributed by atoms with Crippen LogP contribution in [-0.2, 0) is 26.0 Å². The summed E-state index contributed by atoms with van der Waals surface area (Å²) in [4.78, 5) is 24.1. The summed E-state index contributed by atoms with van der Waals surface area (Å²) >= 11 is 0. The van der Waals surface area contributed by atoms with E-state index in [9.17, 15) is 23.1 Å². The molecule has 0 bridgehead atoms. The fourth-order valence-electron chi connectivity index (χ4n) is 3.01. The van der Waals surface area contributed by atoms with Crippen molar-refractivity contribution in [1.82, 2.24) is 9.62 Å². The van der Waals surface area contributed by atoms with Gasteiger partial charge in [0.15, 0.2) is 0 Å². The van der Waals surface area contributed by atoms with Crippen molar-refractivity contribution < 1.29 is 27.9 Å². The molecule has 1 fully saturated rings. The summed E-state index contributed by atoms with van der Waals surface area (Å²) in [6.45, 7) is 1.25. The number of carbonyl (C=O) groups excluding carboxylic acids is 1. The summed E-state index contributed by atoms with van der Waals surface area (Å²) in [5.41, 5.74) is 0.970. The Hall–Kier alpha value is -2.75. The monoisotopic (exact) mass is 418 g/mol. The number of ether oxygens (including phenoxy) is 1. The molecule has 0 aliphatic carbocycles. The normalized spacial score (nSPS) is 16.1. The number of nitrogens with zero attached hydrogens (tertiary/aromatic N) is 1. The Morgan fingerprint density at radius 3 is 2.24 bits per heavy atom. The van der Waals surface area contributed by atoms with Crippen molar-refractivity contribution in [2.45, 2.75) is 17.4 Å². The number of carboxylic acids is 1. The van der Waals surface area contributed by atoms with Gasteiger partial charge >= 0.3 is 5.97 Å². The first kappa shape index (κ1) is 21.0. The summed E-state index contributed by atoms with van der Waals surface area (Å²) < 4.78 is 31.8. The zero-order valence-electron chi connectivity index (χ0n) is 15.7. The van der Waals surface area contributed by atoms with Crippen LogP contribution >= 0.6 is 0 Å². The highest BCUT2D eigenvalue weighted by molar-refractivity contribution is 7.89. The molecule has 8 nitrogen and oxygen atoms in total. The molecule has 2 aromatic rings. The summed E-state index contributed by atoms with van der Waals surface area (Å²) in [5, 5.41) is 11.9. The predicted octanol–water partition coefficient (Wildman–Crippen LogP) is 1.13. The van der Waals surface area contributed by atoms with Gasteiger partial charge in [0.05, 0.1) is 18.1 Å². The number of carboxylic acid groups (broad SMARTS) is 1. The first-order valence-corrected chi connectivity index (χ1v) is 10.6. The average molecular weight is 418 g/mol. The van der Waals surface area contributed by atoms with Crippen molar-refractivity contribution in [1.29, 1.82) is 0 Å². The van der Waals surface area contributed by atoms with E-state index in [1.807, 2.05) is 6.07 Å². The van der Waals surface area contributed by atoms with Gasteiger partial charge in [-0.1, -0.05) is 30.3 Å². The van der Waals surface area contributed by atoms with Gasteiger partial charge in [0.25, 0.3) is 5.91 Å². The third-order valence-corrected chi connectivity index (χ3v) is 6.52. The largest absolute Gasteiger partial charge is 0.480 e. The maximum absolute atomic E-state index is 12.6. The topological polar surface area (TPSA) is 113 Å². The second-order valence-electron chi connectivity index (χ2n) is 6.59. The van der Waals surface area contributed by atoms with Crippen LogP contribution < -0.4 is 5.32 Å². The molecular formula is C20H22N2O6S. The molecule has 1 heterocycles. The van der Waals surface area contributed by atoms with E-state index in [1.54, 1.807) is 24.3 Å². The van der Waals surface area contributed by atoms with E-state index in [4.69, 9.17) is 4.74 Å². The minimum absolute atomic E-state index is 0.0787. The lowest BCUT2D eigenvalue weighted by Crippen LogP contribution is -2.42. The van der Waals surface area contributed by atoms with E-state index < -0.39 is 27.9 Å². The molecule has 0 unspecified atom stereocenters. The average Bonchev–Trinajstić information content (AvgIpc) is 2.74. The highest BCUT2D eigenvalue weighted by Crippen LogP contribution is 2.18. The van der Waals surface area contributed by atoms with Crippen LogP contribution in [0.5, 0.6) is 0 Å². The van der Waals surface area contributed by atoms with Crippen LogP contribution in [0.3, 0.4) is 0 Å². The summed E-state index contributed by atoms with van der Waals surface area (Å²) in [5.74, 6) is -1.72. The Morgan fingerprint density at radius 2 is 1.66 bits per heavy atom. The van der Waals surface area contributed by atoms with Crippen LogP contribution in [0.1, 0.15) is 15.9 Å². The minimum atomic E-state index is -3.65. The van der Waals surface area contributed by atoms with Crippen LogP contribution in [0.25, 0.3) is 0 Å². The molecule has 0 spiro atoms. The molecule has 1 amide bonds. The standard InChI is InChI=1S/C20H22N2O6S/c23-19(21-18(20(24)25)14-15-4-2-1-3-5-15)16-6-8-17(9-7-16)29(26,27)22-10-12-28-13-11-22/h1-9,18H,10-14H2,(H,21,23)(H,24,25)/t18-/m0/s1. The number of sulfonamides is 1. The van der Waals surface area contributed by atoms with Crippen molar-refractivity contribution in [3.05, 3.63) is 65.7 Å². The van der Waals surface area contributed by atoms with Crippen molar-refractivity contribution in [3.63, 3.8) is 0 Å². The van der Waals surface area contributed by atoms with E-state index in [-0.39, 0.29) is 30.0 Å². The molecule has 29 heavy (non-hydrogen) atoms. The van der Waals surface area contributed by atoms with Crippen LogP contribution in [-0.4, -0.2) is 62.1 Å². The van der Waals surface area contributed by atoms with E-state index in [0.29, 0.717) is 13.2 Å². The maximum atomic E-state index is 12.6. The van der Waals surface area contributed by atoms with Crippen LogP contribution in [0.15, 0.2) is 59.5 Å². The van der Waals surface area contributed by atoms with Gasteiger partial charge in [0.2, 0.25) is 10.0 Å². The first-order valence-electron chi connectivity index (χ1n) is 9.13. The number of amides is 1. The number of nitrogens with one attached hydrogen (secondary N) is 1. The van der Waals surface area contributed by atoms with Crippen LogP contribution in [0.4, 0.5) is 0 Å². The van der Waals surface area contributed by atoms with Gasteiger partial charge < -0.3 is 15.2 Å². The smallest absolute Gasteiger partial charge is 0.326 e. The highest BCUT2D eigenvalue weighted by atomic mass is 32.2. The third-order valence-electron chi connectivity index (χ3n) is 4.61. The molecule has 154 valence electrons. The van der Waals surface area contributed by atoms with Gasteiger partial charge in [-0.15, -0.1) is 0 Å². The van der Waals surface area contributed by atoms with Gasteiger partial charge in [-0.05, 0) is 29.8 Å². The number of hydrogen-bond acceptors (Lipinski definition) is 5.